The van der Waals surface area contributed by atoms with Crippen molar-refractivity contribution in [3.05, 3.63) is 74.4 Å². The Labute approximate surface area is 198 Å². The van der Waals surface area contributed by atoms with Crippen molar-refractivity contribution in [3.8, 4) is 10.6 Å². The number of carbonyl (C=O) groups excluding carboxylic acids is 2. The first-order valence-corrected chi connectivity index (χ1v) is 12.6. The zero-order valence-corrected chi connectivity index (χ0v) is 20.1. The summed E-state index contributed by atoms with van der Waals surface area (Å²) in [5.41, 5.74) is 3.32. The molecule has 0 atom stereocenters. The Kier molecular flexibility index (Phi) is 7.09. The van der Waals surface area contributed by atoms with Crippen molar-refractivity contribution in [2.75, 3.05) is 11.5 Å². The van der Waals surface area contributed by atoms with Gasteiger partial charge in [0.2, 0.25) is 5.91 Å². The predicted octanol–water partition coefficient (Wildman–Crippen LogP) is 5.59. The van der Waals surface area contributed by atoms with Crippen LogP contribution in [0.5, 0.6) is 0 Å². The van der Waals surface area contributed by atoms with Crippen molar-refractivity contribution in [2.24, 2.45) is 0 Å². The van der Waals surface area contributed by atoms with Gasteiger partial charge in [0.25, 0.3) is 0 Å². The molecule has 0 saturated heterocycles. The Bertz CT molecular complexity index is 1200. The summed E-state index contributed by atoms with van der Waals surface area (Å²) >= 11 is 4.32. The Morgan fingerprint density at radius 3 is 2.62 bits per heavy atom. The fourth-order valence-corrected chi connectivity index (χ4v) is 5.58. The summed E-state index contributed by atoms with van der Waals surface area (Å²) in [6.45, 7) is 4.16. The van der Waals surface area contributed by atoms with Crippen LogP contribution in [0, 0.1) is 6.92 Å². The lowest BCUT2D eigenvalue weighted by atomic mass is 10.2. The number of hydrogen-bond acceptors (Lipinski definition) is 8. The molecule has 0 N–H and O–H groups in total. The number of anilines is 1. The molecule has 4 rings (SSSR count). The summed E-state index contributed by atoms with van der Waals surface area (Å²) in [4.78, 5) is 36.9. The molecule has 3 heterocycles. The van der Waals surface area contributed by atoms with Crippen LogP contribution in [0.4, 0.5) is 5.13 Å². The topological polar surface area (TPSA) is 72.4 Å². The maximum atomic E-state index is 13.4. The largest absolute Gasteiger partial charge is 0.462 e. The van der Waals surface area contributed by atoms with E-state index < -0.39 is 5.97 Å². The van der Waals surface area contributed by atoms with Crippen molar-refractivity contribution < 1.29 is 14.3 Å². The Hall–Kier alpha value is -2.88. The van der Waals surface area contributed by atoms with E-state index in [9.17, 15) is 9.59 Å². The summed E-state index contributed by atoms with van der Waals surface area (Å²) in [7, 11) is 0. The van der Waals surface area contributed by atoms with E-state index in [2.05, 4.69) is 9.97 Å². The number of nitrogens with zero attached hydrogens (tertiary/aromatic N) is 3. The third-order valence-corrected chi connectivity index (χ3v) is 7.40. The molecular weight excluding hydrogens is 462 g/mol. The molecule has 6 nitrogen and oxygen atoms in total. The average molecular weight is 484 g/mol. The van der Waals surface area contributed by atoms with E-state index in [-0.39, 0.29) is 18.9 Å². The third-order valence-electron chi connectivity index (χ3n) is 4.61. The minimum Gasteiger partial charge on any atom is -0.462 e. The number of aryl methyl sites for hydroxylation is 1. The van der Waals surface area contributed by atoms with Gasteiger partial charge >= 0.3 is 5.97 Å². The fraction of sp³-hybridized carbons (Fsp3) is 0.217. The predicted molar refractivity (Wildman–Crippen MR) is 130 cm³/mol. The lowest BCUT2D eigenvalue weighted by Gasteiger charge is -2.19. The van der Waals surface area contributed by atoms with Crippen LogP contribution in [-0.2, 0) is 22.5 Å². The fourth-order valence-electron chi connectivity index (χ4n) is 3.07. The van der Waals surface area contributed by atoms with Crippen LogP contribution in [0.2, 0.25) is 0 Å². The van der Waals surface area contributed by atoms with E-state index in [1.54, 1.807) is 30.1 Å². The number of carbonyl (C=O) groups is 2. The van der Waals surface area contributed by atoms with Crippen molar-refractivity contribution in [1.82, 2.24) is 9.97 Å². The number of esters is 1. The molecule has 0 spiro atoms. The van der Waals surface area contributed by atoms with E-state index in [1.807, 2.05) is 52.5 Å². The number of amides is 1. The van der Waals surface area contributed by atoms with Gasteiger partial charge in [-0.1, -0.05) is 41.7 Å². The third kappa shape index (κ3) is 5.12. The highest BCUT2D eigenvalue weighted by atomic mass is 32.1. The number of ether oxygens (including phenoxy) is 1. The molecule has 0 bridgehead atoms. The van der Waals surface area contributed by atoms with Crippen molar-refractivity contribution >= 4 is 51.0 Å². The monoisotopic (exact) mass is 483 g/mol. The number of benzene rings is 1. The summed E-state index contributed by atoms with van der Waals surface area (Å²) in [6.07, 6.45) is 0.154. The van der Waals surface area contributed by atoms with Gasteiger partial charge in [-0.15, -0.1) is 11.3 Å². The van der Waals surface area contributed by atoms with Crippen LogP contribution in [0.3, 0.4) is 0 Å². The molecule has 0 fully saturated rings. The highest BCUT2D eigenvalue weighted by molar-refractivity contribution is 7.17. The van der Waals surface area contributed by atoms with Gasteiger partial charge in [0.05, 0.1) is 31.0 Å². The maximum absolute atomic E-state index is 13.4. The first kappa shape index (κ1) is 22.3. The molecule has 32 heavy (non-hydrogen) atoms. The van der Waals surface area contributed by atoms with Crippen molar-refractivity contribution in [3.63, 3.8) is 0 Å². The van der Waals surface area contributed by atoms with Gasteiger partial charge in [0.15, 0.2) is 5.13 Å². The van der Waals surface area contributed by atoms with Gasteiger partial charge in [-0.05, 0) is 30.9 Å². The first-order valence-electron chi connectivity index (χ1n) is 10.0. The van der Waals surface area contributed by atoms with Crippen LogP contribution in [0.1, 0.15) is 33.5 Å². The van der Waals surface area contributed by atoms with E-state index >= 15 is 0 Å². The number of thiophene rings is 1. The van der Waals surface area contributed by atoms with Gasteiger partial charge in [0.1, 0.15) is 9.88 Å². The van der Waals surface area contributed by atoms with Gasteiger partial charge in [-0.2, -0.15) is 11.3 Å². The van der Waals surface area contributed by atoms with Crippen LogP contribution in [0.25, 0.3) is 10.6 Å². The minimum absolute atomic E-state index is 0.125. The van der Waals surface area contributed by atoms with Crippen LogP contribution in [0.15, 0.2) is 52.5 Å². The van der Waals surface area contributed by atoms with Crippen LogP contribution >= 0.6 is 34.0 Å². The van der Waals surface area contributed by atoms with E-state index in [4.69, 9.17) is 4.74 Å². The lowest BCUT2D eigenvalue weighted by molar-refractivity contribution is -0.118. The Morgan fingerprint density at radius 1 is 1.09 bits per heavy atom. The maximum Gasteiger partial charge on any atom is 0.350 e. The highest BCUT2D eigenvalue weighted by Crippen LogP contribution is 2.30. The van der Waals surface area contributed by atoms with E-state index in [0.717, 1.165) is 21.8 Å². The SMILES string of the molecule is CCOC(=O)c1sc(N(Cc2ccccc2)C(=O)Cc2csc(-c3ccsc3)n2)nc1C. The first-order chi connectivity index (χ1) is 15.5. The summed E-state index contributed by atoms with van der Waals surface area (Å²) < 4.78 is 5.13. The Morgan fingerprint density at radius 2 is 1.91 bits per heavy atom. The normalized spacial score (nSPS) is 10.8. The zero-order chi connectivity index (χ0) is 22.5. The second-order valence-corrected chi connectivity index (χ2v) is 9.55. The van der Waals surface area contributed by atoms with Crippen LogP contribution < -0.4 is 4.90 Å². The molecule has 0 aliphatic rings. The number of thiazole rings is 2. The average Bonchev–Trinajstić information content (AvgIpc) is 3.54. The van der Waals surface area contributed by atoms with E-state index in [1.165, 1.54) is 22.7 Å². The van der Waals surface area contributed by atoms with Crippen molar-refractivity contribution in [2.45, 2.75) is 26.8 Å². The van der Waals surface area contributed by atoms with Gasteiger partial charge in [0, 0.05) is 16.3 Å². The summed E-state index contributed by atoms with van der Waals surface area (Å²) in [6, 6.07) is 11.7. The molecule has 164 valence electrons. The molecular formula is C23H21N3O3S3. The summed E-state index contributed by atoms with van der Waals surface area (Å²) in [5, 5.41) is 7.35. The number of hydrogen-bond donors (Lipinski definition) is 0. The summed E-state index contributed by atoms with van der Waals surface area (Å²) in [5.74, 6) is -0.541. The number of aromatic nitrogens is 2. The number of rotatable bonds is 8. The quantitative estimate of drug-likeness (QED) is 0.306. The zero-order valence-electron chi connectivity index (χ0n) is 17.6. The Balaban J connectivity index is 1.60. The van der Waals surface area contributed by atoms with Gasteiger partial charge < -0.3 is 4.74 Å². The molecule has 1 aromatic carbocycles. The van der Waals surface area contributed by atoms with Gasteiger partial charge in [-0.3, -0.25) is 9.69 Å². The molecule has 3 aromatic heterocycles. The lowest BCUT2D eigenvalue weighted by Crippen LogP contribution is -2.31. The van der Waals surface area contributed by atoms with E-state index in [0.29, 0.717) is 22.2 Å². The van der Waals surface area contributed by atoms with Gasteiger partial charge in [-0.25, -0.2) is 14.8 Å². The molecule has 0 aliphatic heterocycles. The molecule has 4 aromatic rings. The second-order valence-electron chi connectivity index (χ2n) is 6.93. The molecule has 0 saturated carbocycles. The molecule has 0 aliphatic carbocycles. The standard InChI is InChI=1S/C23H21N3O3S3/c1-3-29-22(28)20-15(2)24-23(32-20)26(12-16-7-5-4-6-8-16)19(27)11-18-14-31-21(25-18)17-9-10-30-13-17/h4-10,13-14H,3,11-12H2,1-2H3. The molecule has 0 unspecified atom stereocenters. The van der Waals surface area contributed by atoms with Crippen LogP contribution in [-0.4, -0.2) is 28.5 Å². The van der Waals surface area contributed by atoms with Crippen molar-refractivity contribution in [1.29, 1.82) is 0 Å². The molecule has 9 heteroatoms. The molecule has 1 amide bonds. The molecule has 0 radical (unpaired) electrons. The smallest absolute Gasteiger partial charge is 0.350 e. The second kappa shape index (κ2) is 10.2. The highest BCUT2D eigenvalue weighted by Gasteiger charge is 2.25. The minimum atomic E-state index is -0.416.